The maximum atomic E-state index is 8.58. The van der Waals surface area contributed by atoms with E-state index in [1.54, 1.807) is 0 Å². The first-order chi connectivity index (χ1) is 6.00. The van der Waals surface area contributed by atoms with Gasteiger partial charge in [0.15, 0.2) is 0 Å². The third-order valence-electron chi connectivity index (χ3n) is 0. The predicted octanol–water partition coefficient (Wildman–Crippen LogP) is -4.65. The van der Waals surface area contributed by atoms with Crippen LogP contribution >= 0.6 is 0 Å². The largest absolute Gasteiger partial charge is 0 e. The van der Waals surface area contributed by atoms with Crippen molar-refractivity contribution in [1.82, 2.24) is 0 Å². The number of hydrogen-bond acceptors (Lipinski definition) is 12. The van der Waals surface area contributed by atoms with Crippen LogP contribution in [0.4, 0.5) is 0 Å². The van der Waals surface area contributed by atoms with Crippen molar-refractivity contribution in [2.75, 3.05) is 0 Å². The van der Waals surface area contributed by atoms with Crippen molar-refractivity contribution in [2.24, 2.45) is 0 Å². The van der Waals surface area contributed by atoms with E-state index < -0.39 is 38.9 Å². The molecule has 0 unspecified atom stereocenters. The van der Waals surface area contributed by atoms with Crippen LogP contribution < -0.4 is 12.6 Å². The number of hydrogen-bond donors (Lipinski definition) is 0. The molecule has 0 fully saturated rings. The quantitative estimate of drug-likeness (QED) is 0.263. The zero-order valence-electron chi connectivity index (χ0n) is 6.41. The minimum Gasteiger partial charge on any atom is 0 e. The third kappa shape index (κ3) is 28000. The van der Waals surface area contributed by atoms with Crippen LogP contribution in [0.25, 0.3) is 0 Å². The zero-order chi connectivity index (χ0) is 13.5. The first-order valence-electron chi connectivity index (χ1n) is 1.85. The minimum absolute atomic E-state index is 0. The Morgan fingerprint density at radius 2 is 0.438 bits per heavy atom. The fraction of sp³-hybridized carbons (Fsp3) is 0. The number of rotatable bonds is 0. The Kier molecular flexibility index (Phi) is 14.7. The minimum atomic E-state index is -5.62. The summed E-state index contributed by atoms with van der Waals surface area (Å²) in [5, 5.41) is 0. The molecule has 0 aromatic rings. The van der Waals surface area contributed by atoms with Crippen LogP contribution in [0.2, 0.25) is 0 Å². The molecule has 0 aromatic heterocycles. The predicted molar refractivity (Wildman–Crippen MR) is 6.18 cm³/mol. The van der Waals surface area contributed by atoms with Crippen molar-refractivity contribution >= 4 is 0 Å². The smallest absolute Gasteiger partial charge is 0 e. The molecule has 103 valence electrons. The maximum absolute atomic E-state index is 8.58. The first-order valence-corrected chi connectivity index (χ1v) is 7.63. The van der Waals surface area contributed by atoms with Gasteiger partial charge in [-0.1, -0.05) is 0 Å². The standard InChI is InChI=1S/3Mn.12O.Re/q;;;;;;;;;;;;3*-1;. The van der Waals surface area contributed by atoms with Gasteiger partial charge in [-0.05, 0) is 0 Å². The molecule has 0 spiro atoms. The van der Waals surface area contributed by atoms with Gasteiger partial charge in [0, 0.05) is 20.4 Å². The van der Waals surface area contributed by atoms with Crippen LogP contribution in [-0.4, -0.2) is 0 Å². The Balaban J connectivity index is -0.0000000655. The Labute approximate surface area is 106 Å². The fourth-order valence-electron chi connectivity index (χ4n) is 0. The summed E-state index contributed by atoms with van der Waals surface area (Å²) in [7, 11) is 0. The van der Waals surface area contributed by atoms with Crippen LogP contribution in [0.15, 0.2) is 0 Å². The molecule has 0 rings (SSSR count). The van der Waals surface area contributed by atoms with E-state index in [0.717, 1.165) is 0 Å². The fourth-order valence-corrected chi connectivity index (χ4v) is 0. The van der Waals surface area contributed by atoms with Crippen molar-refractivity contribution < 1.29 is 106 Å². The molecule has 0 N–H and O–H groups in total. The van der Waals surface area contributed by atoms with E-state index in [4.69, 9.17) is 47.1 Å². The first kappa shape index (κ1) is 25.2. The molecular formula is Mn3O12Re-3. The molecule has 0 bridgehead atoms. The molecule has 12 nitrogen and oxygen atoms in total. The second-order valence-electron chi connectivity index (χ2n) is 1.13. The van der Waals surface area contributed by atoms with E-state index in [2.05, 4.69) is 0 Å². The van der Waals surface area contributed by atoms with Crippen LogP contribution in [0.5, 0.6) is 0 Å². The van der Waals surface area contributed by atoms with Gasteiger partial charge >= 0.3 is 86.0 Å². The van der Waals surface area contributed by atoms with E-state index in [9.17, 15) is 0 Å². The molecule has 0 saturated heterocycles. The van der Waals surface area contributed by atoms with Gasteiger partial charge in [0.05, 0.1) is 0 Å². The molecule has 16 heteroatoms. The van der Waals surface area contributed by atoms with Crippen LogP contribution in [0.3, 0.4) is 0 Å². The van der Waals surface area contributed by atoms with Gasteiger partial charge in [-0.3, -0.25) is 0 Å². The third-order valence-corrected chi connectivity index (χ3v) is 0. The van der Waals surface area contributed by atoms with Crippen molar-refractivity contribution in [2.45, 2.75) is 0 Å². The van der Waals surface area contributed by atoms with Crippen molar-refractivity contribution in [3.05, 3.63) is 0 Å². The molecule has 0 aliphatic rings. The molecule has 0 atom stereocenters. The summed E-state index contributed by atoms with van der Waals surface area (Å²) in [4.78, 5) is 0. The van der Waals surface area contributed by atoms with Gasteiger partial charge < -0.3 is 0 Å². The second kappa shape index (κ2) is 9.34. The van der Waals surface area contributed by atoms with Gasteiger partial charge in [0.1, 0.15) is 0 Å². The molecule has 0 aliphatic carbocycles. The topological polar surface area (TPSA) is 223 Å². The summed E-state index contributed by atoms with van der Waals surface area (Å²) in [5.41, 5.74) is 0. The van der Waals surface area contributed by atoms with Crippen molar-refractivity contribution in [1.29, 1.82) is 0 Å². The average Bonchev–Trinajstić information content (AvgIpc) is 1.41. The summed E-state index contributed by atoms with van der Waals surface area (Å²) >= 11 is -16.9. The molecule has 1 radical (unpaired) electrons. The summed E-state index contributed by atoms with van der Waals surface area (Å²) in [6.07, 6.45) is 0. The van der Waals surface area contributed by atoms with E-state index in [0.29, 0.717) is 0 Å². The van der Waals surface area contributed by atoms with Crippen molar-refractivity contribution in [3.8, 4) is 0 Å². The molecule has 0 saturated carbocycles. The molecule has 0 amide bonds. The second-order valence-corrected chi connectivity index (χ2v) is 4.68. The molecule has 0 heterocycles. The maximum Gasteiger partial charge on any atom is 0 e. The molecule has 0 aromatic carbocycles. The van der Waals surface area contributed by atoms with Gasteiger partial charge in [0.2, 0.25) is 0 Å². The van der Waals surface area contributed by atoms with Crippen LogP contribution in [-0.2, 0) is 93.8 Å². The van der Waals surface area contributed by atoms with Crippen LogP contribution in [0, 0.1) is 0 Å². The SMILES string of the molecule is [O]=[Mn](=[O])(=[O])[O-].[O]=[Mn](=[O])(=[O])[O-].[O]=[Mn](=[O])(=[O])[O-].[Re]. The Hall–Kier alpha value is 0.301. The monoisotopic (exact) mass is 544 g/mol. The zero-order valence-corrected chi connectivity index (χ0v) is 12.7. The Bertz CT molecular complexity index is 480. The van der Waals surface area contributed by atoms with E-state index >= 15 is 0 Å². The van der Waals surface area contributed by atoms with Gasteiger partial charge in [-0.15, -0.1) is 0 Å². The van der Waals surface area contributed by atoms with Gasteiger partial charge in [0.25, 0.3) is 0 Å². The summed E-state index contributed by atoms with van der Waals surface area (Å²) in [5.74, 6) is 0. The molecule has 16 heavy (non-hydrogen) atoms. The summed E-state index contributed by atoms with van der Waals surface area (Å²) in [6, 6.07) is 0. The summed E-state index contributed by atoms with van der Waals surface area (Å²) < 4.78 is 103. The van der Waals surface area contributed by atoms with E-state index in [-0.39, 0.29) is 20.4 Å². The average molecular weight is 543 g/mol. The molecular weight excluding hydrogens is 543 g/mol. The van der Waals surface area contributed by atoms with E-state index in [1.807, 2.05) is 0 Å². The summed E-state index contributed by atoms with van der Waals surface area (Å²) in [6.45, 7) is 0. The van der Waals surface area contributed by atoms with E-state index in [1.165, 1.54) is 0 Å². The van der Waals surface area contributed by atoms with Gasteiger partial charge in [-0.2, -0.15) is 0 Å². The Morgan fingerprint density at radius 3 is 0.438 bits per heavy atom. The van der Waals surface area contributed by atoms with Crippen LogP contribution in [0.1, 0.15) is 0 Å². The molecule has 0 aliphatic heterocycles. The van der Waals surface area contributed by atoms with Gasteiger partial charge in [-0.25, -0.2) is 0 Å². The normalized spacial score (nSPS) is 10.7. The Morgan fingerprint density at radius 1 is 0.438 bits per heavy atom. The van der Waals surface area contributed by atoms with Crippen molar-refractivity contribution in [3.63, 3.8) is 0 Å².